The molecule has 5 heteroatoms. The molecule has 0 spiro atoms. The molecular weight excluding hydrogens is 239 g/mol. The van der Waals surface area contributed by atoms with Crippen LogP contribution < -0.4 is 11.1 Å². The van der Waals surface area contributed by atoms with Crippen LogP contribution in [0.4, 0.5) is 10.1 Å². The lowest BCUT2D eigenvalue weighted by Crippen LogP contribution is -2.54. The van der Waals surface area contributed by atoms with Gasteiger partial charge in [-0.1, -0.05) is 6.92 Å². The number of thioether (sulfide) groups is 1. The van der Waals surface area contributed by atoms with Crippen LogP contribution >= 0.6 is 11.8 Å². The van der Waals surface area contributed by atoms with Gasteiger partial charge in [0.2, 0.25) is 5.91 Å². The Labute approximate surface area is 104 Å². The van der Waals surface area contributed by atoms with Crippen LogP contribution in [0.5, 0.6) is 0 Å². The van der Waals surface area contributed by atoms with Gasteiger partial charge in [-0.05, 0) is 36.4 Å². The van der Waals surface area contributed by atoms with E-state index in [0.29, 0.717) is 6.42 Å². The number of carbonyl (C=O) groups is 1. The van der Waals surface area contributed by atoms with E-state index >= 15 is 0 Å². The number of benzene rings is 1. The average Bonchev–Trinajstić information content (AvgIpc) is 2.65. The maximum atomic E-state index is 12.8. The van der Waals surface area contributed by atoms with Crippen molar-refractivity contribution >= 4 is 23.4 Å². The minimum Gasteiger partial charge on any atom is -0.370 e. The first-order valence-electron chi connectivity index (χ1n) is 5.50. The van der Waals surface area contributed by atoms with Crippen LogP contribution in [0.1, 0.15) is 13.3 Å². The second kappa shape index (κ2) is 4.56. The molecule has 0 radical (unpaired) electrons. The highest BCUT2D eigenvalue weighted by molar-refractivity contribution is 8.00. The molecule has 0 saturated carbocycles. The van der Waals surface area contributed by atoms with Gasteiger partial charge in [0.25, 0.3) is 0 Å². The van der Waals surface area contributed by atoms with Crippen molar-refractivity contribution in [2.24, 2.45) is 5.73 Å². The largest absolute Gasteiger partial charge is 0.370 e. The summed E-state index contributed by atoms with van der Waals surface area (Å²) in [5, 5.41) is 3.28. The number of halogens is 1. The van der Waals surface area contributed by atoms with Crippen molar-refractivity contribution in [3.05, 3.63) is 30.1 Å². The Kier molecular flexibility index (Phi) is 3.28. The third-order valence-corrected chi connectivity index (χ3v) is 4.55. The molecule has 1 aliphatic heterocycles. The molecule has 92 valence electrons. The van der Waals surface area contributed by atoms with Crippen molar-refractivity contribution in [1.29, 1.82) is 0 Å². The zero-order chi connectivity index (χ0) is 12.5. The standard InChI is InChI=1S/C12H15FN2OS/c1-8-12(11(14)16,6-7-17-8)15-10-4-2-9(13)3-5-10/h2-5,8,15H,6-7H2,1H3,(H2,14,16). The summed E-state index contributed by atoms with van der Waals surface area (Å²) in [5.41, 5.74) is 5.51. The van der Waals surface area contributed by atoms with Gasteiger partial charge in [-0.15, -0.1) is 0 Å². The van der Waals surface area contributed by atoms with E-state index in [1.165, 1.54) is 12.1 Å². The summed E-state index contributed by atoms with van der Waals surface area (Å²) in [4.78, 5) is 11.7. The molecule has 2 unspecified atom stereocenters. The zero-order valence-corrected chi connectivity index (χ0v) is 10.4. The summed E-state index contributed by atoms with van der Waals surface area (Å²) in [7, 11) is 0. The van der Waals surface area contributed by atoms with Gasteiger partial charge in [-0.25, -0.2) is 4.39 Å². The fourth-order valence-corrected chi connectivity index (χ4v) is 3.45. The van der Waals surface area contributed by atoms with Gasteiger partial charge in [0, 0.05) is 10.9 Å². The smallest absolute Gasteiger partial charge is 0.244 e. The van der Waals surface area contributed by atoms with Gasteiger partial charge < -0.3 is 11.1 Å². The van der Waals surface area contributed by atoms with E-state index in [9.17, 15) is 9.18 Å². The summed E-state index contributed by atoms with van der Waals surface area (Å²) in [6.07, 6.45) is 0.700. The Morgan fingerprint density at radius 1 is 1.53 bits per heavy atom. The van der Waals surface area contributed by atoms with Gasteiger partial charge in [-0.3, -0.25) is 4.79 Å². The molecular formula is C12H15FN2OS. The summed E-state index contributed by atoms with van der Waals surface area (Å²) in [6, 6.07) is 5.97. The Hall–Kier alpha value is -1.23. The van der Waals surface area contributed by atoms with Crippen LogP contribution in [-0.4, -0.2) is 22.4 Å². The Balaban J connectivity index is 2.24. The quantitative estimate of drug-likeness (QED) is 0.867. The predicted molar refractivity (Wildman–Crippen MR) is 68.5 cm³/mol. The van der Waals surface area contributed by atoms with Gasteiger partial charge in [0.05, 0.1) is 0 Å². The fourth-order valence-electron chi connectivity index (χ4n) is 2.08. The van der Waals surface area contributed by atoms with Crippen molar-refractivity contribution in [2.75, 3.05) is 11.1 Å². The summed E-state index contributed by atoms with van der Waals surface area (Å²) < 4.78 is 12.8. The van der Waals surface area contributed by atoms with Crippen LogP contribution in [0.25, 0.3) is 0 Å². The summed E-state index contributed by atoms with van der Waals surface area (Å²) in [5.74, 6) is 0.259. The first kappa shape index (κ1) is 12.2. The van der Waals surface area contributed by atoms with Crippen LogP contribution in [-0.2, 0) is 4.79 Å². The number of nitrogens with two attached hydrogens (primary N) is 1. The first-order chi connectivity index (χ1) is 8.04. The van der Waals surface area contributed by atoms with Gasteiger partial charge >= 0.3 is 0 Å². The number of carbonyl (C=O) groups excluding carboxylic acids is 1. The lowest BCUT2D eigenvalue weighted by Gasteiger charge is -2.31. The number of hydrogen-bond donors (Lipinski definition) is 2. The molecule has 3 nitrogen and oxygen atoms in total. The minimum absolute atomic E-state index is 0.116. The fraction of sp³-hybridized carbons (Fsp3) is 0.417. The Bertz CT molecular complexity index is 423. The Morgan fingerprint density at radius 2 is 2.18 bits per heavy atom. The molecule has 1 fully saturated rings. The highest BCUT2D eigenvalue weighted by atomic mass is 32.2. The van der Waals surface area contributed by atoms with E-state index in [0.717, 1.165) is 11.4 Å². The number of nitrogens with one attached hydrogen (secondary N) is 1. The minimum atomic E-state index is -0.720. The van der Waals surface area contributed by atoms with Gasteiger partial charge in [0.15, 0.2) is 0 Å². The van der Waals surface area contributed by atoms with Crippen molar-refractivity contribution in [3.8, 4) is 0 Å². The van der Waals surface area contributed by atoms with Crippen molar-refractivity contribution in [1.82, 2.24) is 0 Å². The predicted octanol–water partition coefficient (Wildman–Crippen LogP) is 1.99. The second-order valence-electron chi connectivity index (χ2n) is 4.23. The van der Waals surface area contributed by atoms with E-state index in [1.54, 1.807) is 23.9 Å². The number of hydrogen-bond acceptors (Lipinski definition) is 3. The molecule has 1 aliphatic rings. The zero-order valence-electron chi connectivity index (χ0n) is 9.57. The summed E-state index contributed by atoms with van der Waals surface area (Å²) in [6.45, 7) is 1.99. The maximum Gasteiger partial charge on any atom is 0.244 e. The molecule has 3 N–H and O–H groups in total. The number of primary amides is 1. The molecule has 0 aromatic heterocycles. The van der Waals surface area contributed by atoms with Gasteiger partial charge in [-0.2, -0.15) is 11.8 Å². The van der Waals surface area contributed by atoms with Crippen LogP contribution in [0.15, 0.2) is 24.3 Å². The van der Waals surface area contributed by atoms with E-state index < -0.39 is 5.54 Å². The molecule has 1 aromatic rings. The van der Waals surface area contributed by atoms with Crippen LogP contribution in [0.2, 0.25) is 0 Å². The van der Waals surface area contributed by atoms with E-state index in [1.807, 2.05) is 6.92 Å². The normalized spacial score (nSPS) is 28.0. The third-order valence-electron chi connectivity index (χ3n) is 3.21. The molecule has 17 heavy (non-hydrogen) atoms. The van der Waals surface area contributed by atoms with Crippen LogP contribution in [0.3, 0.4) is 0 Å². The third kappa shape index (κ3) is 2.24. The molecule has 1 saturated heterocycles. The van der Waals surface area contributed by atoms with Crippen molar-refractivity contribution in [3.63, 3.8) is 0 Å². The maximum absolute atomic E-state index is 12.8. The number of rotatable bonds is 3. The van der Waals surface area contributed by atoms with E-state index in [-0.39, 0.29) is 17.0 Å². The number of anilines is 1. The molecule has 0 aliphatic carbocycles. The lowest BCUT2D eigenvalue weighted by molar-refractivity contribution is -0.122. The van der Waals surface area contributed by atoms with Gasteiger partial charge in [0.1, 0.15) is 11.4 Å². The molecule has 0 bridgehead atoms. The summed E-state index contributed by atoms with van der Waals surface area (Å²) >= 11 is 1.72. The van der Waals surface area contributed by atoms with E-state index in [4.69, 9.17) is 5.73 Å². The Morgan fingerprint density at radius 3 is 2.65 bits per heavy atom. The lowest BCUT2D eigenvalue weighted by atomic mass is 9.91. The van der Waals surface area contributed by atoms with Crippen molar-refractivity contribution < 1.29 is 9.18 Å². The topological polar surface area (TPSA) is 55.1 Å². The molecule has 1 amide bonds. The average molecular weight is 254 g/mol. The SMILES string of the molecule is CC1SCCC1(Nc1ccc(F)cc1)C(N)=O. The monoisotopic (exact) mass is 254 g/mol. The first-order valence-corrected chi connectivity index (χ1v) is 6.55. The van der Waals surface area contributed by atoms with E-state index in [2.05, 4.69) is 5.32 Å². The van der Waals surface area contributed by atoms with Crippen LogP contribution in [0, 0.1) is 5.82 Å². The molecule has 1 aromatic carbocycles. The highest BCUT2D eigenvalue weighted by Gasteiger charge is 2.46. The molecule has 1 heterocycles. The number of amides is 1. The molecule has 2 atom stereocenters. The second-order valence-corrected chi connectivity index (χ2v) is 5.68. The van der Waals surface area contributed by atoms with Crippen molar-refractivity contribution in [2.45, 2.75) is 24.1 Å². The molecule has 2 rings (SSSR count). The highest BCUT2D eigenvalue weighted by Crippen LogP contribution is 2.38.